The maximum atomic E-state index is 14.1. The van der Waals surface area contributed by atoms with Gasteiger partial charge in [0.15, 0.2) is 0 Å². The number of aromatic nitrogens is 1. The van der Waals surface area contributed by atoms with Gasteiger partial charge in [0.1, 0.15) is 5.82 Å². The standard InChI is InChI=1S/C24H20ClFN2O2S/c1-14-7-9-18(10-8-14)28-15(2)11-17(16(28)3)12-22-23(29)27(24(30)31-22)13-19-20(25)5-4-6-21(19)26/h4-12H,13H2,1-3H3/b22-12-. The van der Waals surface area contributed by atoms with Gasteiger partial charge in [-0.3, -0.25) is 14.5 Å². The number of amides is 2. The van der Waals surface area contributed by atoms with Crippen molar-refractivity contribution in [1.29, 1.82) is 0 Å². The van der Waals surface area contributed by atoms with Crippen LogP contribution in [0.1, 0.15) is 28.1 Å². The lowest BCUT2D eigenvalue weighted by Crippen LogP contribution is -2.28. The zero-order valence-corrected chi connectivity index (χ0v) is 18.9. The van der Waals surface area contributed by atoms with E-state index in [1.54, 1.807) is 6.08 Å². The second kappa shape index (κ2) is 8.36. The Kier molecular flexibility index (Phi) is 5.77. The number of nitrogens with zero attached hydrogens (tertiary/aromatic N) is 2. The summed E-state index contributed by atoms with van der Waals surface area (Å²) in [5.74, 6) is -0.994. The van der Waals surface area contributed by atoms with Crippen LogP contribution in [-0.2, 0) is 11.3 Å². The number of hydrogen-bond acceptors (Lipinski definition) is 3. The molecule has 158 valence electrons. The Morgan fingerprint density at radius 1 is 1.06 bits per heavy atom. The van der Waals surface area contributed by atoms with Gasteiger partial charge in [-0.2, -0.15) is 0 Å². The first-order valence-corrected chi connectivity index (χ1v) is 10.9. The molecule has 0 atom stereocenters. The van der Waals surface area contributed by atoms with Gasteiger partial charge in [0.05, 0.1) is 11.4 Å². The first kappa shape index (κ1) is 21.4. The zero-order chi connectivity index (χ0) is 22.3. The van der Waals surface area contributed by atoms with E-state index in [1.165, 1.54) is 23.8 Å². The molecule has 3 aromatic rings. The lowest BCUT2D eigenvalue weighted by molar-refractivity contribution is -0.123. The molecule has 7 heteroatoms. The largest absolute Gasteiger partial charge is 0.318 e. The molecule has 0 N–H and O–H groups in total. The molecule has 4 rings (SSSR count). The van der Waals surface area contributed by atoms with E-state index in [0.717, 1.165) is 39.3 Å². The predicted molar refractivity (Wildman–Crippen MR) is 123 cm³/mol. The summed E-state index contributed by atoms with van der Waals surface area (Å²) in [6, 6.07) is 14.5. The number of carbonyl (C=O) groups is 2. The van der Waals surface area contributed by atoms with Crippen LogP contribution >= 0.6 is 23.4 Å². The Morgan fingerprint density at radius 3 is 2.45 bits per heavy atom. The van der Waals surface area contributed by atoms with Crippen molar-refractivity contribution in [3.63, 3.8) is 0 Å². The quantitative estimate of drug-likeness (QED) is 0.426. The van der Waals surface area contributed by atoms with Gasteiger partial charge in [0.2, 0.25) is 0 Å². The average Bonchev–Trinajstić information content (AvgIpc) is 3.15. The smallest absolute Gasteiger partial charge is 0.293 e. The second-order valence-corrected chi connectivity index (χ2v) is 8.87. The molecule has 0 unspecified atom stereocenters. The lowest BCUT2D eigenvalue weighted by atomic mass is 10.2. The highest BCUT2D eigenvalue weighted by Gasteiger charge is 2.36. The molecule has 0 saturated carbocycles. The fourth-order valence-electron chi connectivity index (χ4n) is 3.64. The summed E-state index contributed by atoms with van der Waals surface area (Å²) >= 11 is 6.92. The number of thioether (sulfide) groups is 1. The maximum Gasteiger partial charge on any atom is 0.293 e. The van der Waals surface area contributed by atoms with Gasteiger partial charge in [-0.25, -0.2) is 4.39 Å². The fourth-order valence-corrected chi connectivity index (χ4v) is 4.70. The van der Waals surface area contributed by atoms with E-state index < -0.39 is 17.0 Å². The molecule has 1 aromatic heterocycles. The van der Waals surface area contributed by atoms with Crippen LogP contribution in [-0.4, -0.2) is 20.6 Å². The molecular formula is C24H20ClFN2O2S. The van der Waals surface area contributed by atoms with Gasteiger partial charge in [-0.05, 0) is 74.5 Å². The van der Waals surface area contributed by atoms with Crippen LogP contribution in [0.15, 0.2) is 53.4 Å². The predicted octanol–water partition coefficient (Wildman–Crippen LogP) is 6.43. The Hall–Kier alpha value is -2.83. The molecule has 1 aliphatic heterocycles. The van der Waals surface area contributed by atoms with Crippen molar-refractivity contribution < 1.29 is 14.0 Å². The van der Waals surface area contributed by atoms with Gasteiger partial charge >= 0.3 is 0 Å². The van der Waals surface area contributed by atoms with Crippen molar-refractivity contribution in [2.75, 3.05) is 0 Å². The summed E-state index contributed by atoms with van der Waals surface area (Å²) in [4.78, 5) is 26.7. The maximum absolute atomic E-state index is 14.1. The van der Waals surface area contributed by atoms with Crippen molar-refractivity contribution in [2.24, 2.45) is 0 Å². The minimum absolute atomic E-state index is 0.130. The molecule has 2 amide bonds. The fraction of sp³-hybridized carbons (Fsp3) is 0.167. The van der Waals surface area contributed by atoms with Gasteiger partial charge < -0.3 is 4.57 Å². The summed E-state index contributed by atoms with van der Waals surface area (Å²) in [5, 5.41) is -0.257. The molecule has 0 bridgehead atoms. The molecule has 0 spiro atoms. The Morgan fingerprint density at radius 2 is 1.77 bits per heavy atom. The number of imide groups is 1. The summed E-state index contributed by atoms with van der Waals surface area (Å²) < 4.78 is 16.2. The van der Waals surface area contributed by atoms with E-state index >= 15 is 0 Å². The average molecular weight is 455 g/mol. The Labute approximate surface area is 189 Å². The zero-order valence-electron chi connectivity index (χ0n) is 17.3. The normalized spacial score (nSPS) is 15.4. The highest BCUT2D eigenvalue weighted by Crippen LogP contribution is 2.35. The minimum Gasteiger partial charge on any atom is -0.318 e. The van der Waals surface area contributed by atoms with Crippen molar-refractivity contribution in [3.8, 4) is 5.69 Å². The van der Waals surface area contributed by atoms with Gasteiger partial charge in [-0.15, -0.1) is 0 Å². The Bertz CT molecular complexity index is 1210. The molecule has 2 heterocycles. The summed E-state index contributed by atoms with van der Waals surface area (Å²) in [6.07, 6.45) is 1.72. The number of aryl methyl sites for hydroxylation is 2. The number of benzene rings is 2. The van der Waals surface area contributed by atoms with E-state index in [1.807, 2.05) is 51.1 Å². The van der Waals surface area contributed by atoms with Crippen LogP contribution in [0.2, 0.25) is 5.02 Å². The van der Waals surface area contributed by atoms with Crippen LogP contribution in [0.3, 0.4) is 0 Å². The molecular weight excluding hydrogens is 435 g/mol. The van der Waals surface area contributed by atoms with Crippen LogP contribution in [0.4, 0.5) is 9.18 Å². The number of rotatable bonds is 4. The summed E-state index contributed by atoms with van der Waals surface area (Å²) in [7, 11) is 0. The third-order valence-corrected chi connectivity index (χ3v) is 6.56. The number of carbonyl (C=O) groups excluding carboxylic acids is 2. The van der Waals surface area contributed by atoms with Gasteiger partial charge in [0.25, 0.3) is 11.1 Å². The van der Waals surface area contributed by atoms with E-state index in [9.17, 15) is 14.0 Å². The van der Waals surface area contributed by atoms with Gasteiger partial charge in [-0.1, -0.05) is 35.4 Å². The summed E-state index contributed by atoms with van der Waals surface area (Å²) in [5.41, 5.74) is 5.17. The first-order chi connectivity index (χ1) is 14.8. The monoisotopic (exact) mass is 454 g/mol. The third-order valence-electron chi connectivity index (χ3n) is 5.30. The van der Waals surface area contributed by atoms with Crippen molar-refractivity contribution in [3.05, 3.63) is 92.4 Å². The molecule has 1 aliphatic rings. The van der Waals surface area contributed by atoms with Crippen molar-refractivity contribution >= 4 is 40.6 Å². The number of halogens is 2. The molecule has 2 aromatic carbocycles. The molecule has 0 radical (unpaired) electrons. The highest BCUT2D eigenvalue weighted by molar-refractivity contribution is 8.18. The third kappa shape index (κ3) is 4.05. The molecule has 4 nitrogen and oxygen atoms in total. The van der Waals surface area contributed by atoms with Gasteiger partial charge in [0, 0.05) is 27.7 Å². The van der Waals surface area contributed by atoms with Crippen molar-refractivity contribution in [1.82, 2.24) is 9.47 Å². The van der Waals surface area contributed by atoms with E-state index in [-0.39, 0.29) is 17.1 Å². The van der Waals surface area contributed by atoms with Crippen LogP contribution in [0.25, 0.3) is 11.8 Å². The molecule has 31 heavy (non-hydrogen) atoms. The lowest BCUT2D eigenvalue weighted by Gasteiger charge is -2.14. The minimum atomic E-state index is -0.544. The van der Waals surface area contributed by atoms with E-state index in [4.69, 9.17) is 11.6 Å². The van der Waals surface area contributed by atoms with E-state index in [0.29, 0.717) is 4.91 Å². The number of hydrogen-bond donors (Lipinski definition) is 0. The van der Waals surface area contributed by atoms with Crippen LogP contribution < -0.4 is 0 Å². The topological polar surface area (TPSA) is 42.3 Å². The van der Waals surface area contributed by atoms with Crippen LogP contribution in [0, 0.1) is 26.6 Å². The van der Waals surface area contributed by atoms with E-state index in [2.05, 4.69) is 4.57 Å². The molecule has 0 aliphatic carbocycles. The first-order valence-electron chi connectivity index (χ1n) is 9.70. The highest BCUT2D eigenvalue weighted by atomic mass is 35.5. The second-order valence-electron chi connectivity index (χ2n) is 7.47. The Balaban J connectivity index is 1.64. The SMILES string of the molecule is Cc1ccc(-n2c(C)cc(/C=C3\SC(=O)N(Cc4c(F)cccc4Cl)C3=O)c2C)cc1. The molecule has 1 fully saturated rings. The van der Waals surface area contributed by atoms with Crippen molar-refractivity contribution in [2.45, 2.75) is 27.3 Å². The summed E-state index contributed by atoms with van der Waals surface area (Å²) in [6.45, 7) is 5.81. The van der Waals surface area contributed by atoms with Crippen LogP contribution in [0.5, 0.6) is 0 Å². The molecule has 1 saturated heterocycles.